The fraction of sp³-hybridized carbons (Fsp3) is 0.355. The number of amides is 2. The van der Waals surface area contributed by atoms with E-state index < -0.39 is 28.5 Å². The summed E-state index contributed by atoms with van der Waals surface area (Å²) in [5, 5.41) is 2.94. The molecule has 0 fully saturated rings. The van der Waals surface area contributed by atoms with Crippen molar-refractivity contribution in [3.63, 3.8) is 0 Å². The van der Waals surface area contributed by atoms with Gasteiger partial charge in [-0.25, -0.2) is 8.42 Å². The molecule has 0 aliphatic carbocycles. The molecule has 3 aromatic rings. The quantitative estimate of drug-likeness (QED) is 0.310. The number of methoxy groups -OCH3 is 1. The minimum atomic E-state index is -4.12. The molecule has 1 N–H and O–H groups in total. The SMILES string of the molecule is CCC(C(=O)NCC(C)C)N(CCc1ccccc1)C(=O)CN(c1cccc(OC)c1)S(=O)(=O)c1ccccc1. The summed E-state index contributed by atoms with van der Waals surface area (Å²) in [6.45, 7) is 6.11. The number of hydrogen-bond acceptors (Lipinski definition) is 5. The van der Waals surface area contributed by atoms with Gasteiger partial charge in [0.05, 0.1) is 17.7 Å². The van der Waals surface area contributed by atoms with Gasteiger partial charge < -0.3 is 15.0 Å². The maximum Gasteiger partial charge on any atom is 0.264 e. The summed E-state index contributed by atoms with van der Waals surface area (Å²) in [5.74, 6) is -0.0191. The van der Waals surface area contributed by atoms with Crippen LogP contribution < -0.4 is 14.4 Å². The van der Waals surface area contributed by atoms with Crippen LogP contribution in [0.1, 0.15) is 32.8 Å². The van der Waals surface area contributed by atoms with Gasteiger partial charge in [0.15, 0.2) is 0 Å². The molecule has 0 aliphatic rings. The number of anilines is 1. The zero-order valence-electron chi connectivity index (χ0n) is 23.6. The Morgan fingerprint density at radius 1 is 0.925 bits per heavy atom. The van der Waals surface area contributed by atoms with E-state index >= 15 is 0 Å². The minimum Gasteiger partial charge on any atom is -0.497 e. The number of benzene rings is 3. The molecule has 8 nitrogen and oxygen atoms in total. The molecule has 0 aromatic heterocycles. The first-order valence-electron chi connectivity index (χ1n) is 13.5. The van der Waals surface area contributed by atoms with Gasteiger partial charge in [0.25, 0.3) is 10.0 Å². The molecule has 2 amide bonds. The molecule has 0 spiro atoms. The minimum absolute atomic E-state index is 0.0585. The predicted octanol–water partition coefficient (Wildman–Crippen LogP) is 4.51. The Morgan fingerprint density at radius 3 is 2.17 bits per heavy atom. The highest BCUT2D eigenvalue weighted by atomic mass is 32.2. The molecule has 1 atom stereocenters. The highest BCUT2D eigenvalue weighted by molar-refractivity contribution is 7.92. The average molecular weight is 566 g/mol. The molecular formula is C31H39N3O5S. The standard InChI is InChI=1S/C31H39N3O5S/c1-5-29(31(36)32-22-24(2)3)33(20-19-25-13-8-6-9-14-25)30(35)23-34(26-15-12-16-27(21-26)39-4)40(37,38)28-17-10-7-11-18-28/h6-18,21,24,29H,5,19-20,22-23H2,1-4H3,(H,32,36). The van der Waals surface area contributed by atoms with Crippen LogP contribution in [0.3, 0.4) is 0 Å². The van der Waals surface area contributed by atoms with Gasteiger partial charge in [0.1, 0.15) is 18.3 Å². The Kier molecular flexibility index (Phi) is 11.1. The van der Waals surface area contributed by atoms with E-state index in [1.165, 1.54) is 24.1 Å². The number of rotatable bonds is 14. The number of sulfonamides is 1. The molecule has 214 valence electrons. The van der Waals surface area contributed by atoms with E-state index in [1.807, 2.05) is 51.1 Å². The van der Waals surface area contributed by atoms with Gasteiger partial charge in [-0.2, -0.15) is 0 Å². The van der Waals surface area contributed by atoms with Crippen molar-refractivity contribution in [2.45, 2.75) is 44.6 Å². The zero-order chi connectivity index (χ0) is 29.1. The first kappa shape index (κ1) is 30.7. The van der Waals surface area contributed by atoms with Crippen LogP contribution in [0.2, 0.25) is 0 Å². The molecular weight excluding hydrogens is 526 g/mol. The number of carbonyl (C=O) groups excluding carboxylic acids is 2. The summed E-state index contributed by atoms with van der Waals surface area (Å²) in [5.41, 5.74) is 1.30. The van der Waals surface area contributed by atoms with Crippen molar-refractivity contribution in [2.24, 2.45) is 5.92 Å². The van der Waals surface area contributed by atoms with Crippen LogP contribution in [0, 0.1) is 5.92 Å². The molecule has 40 heavy (non-hydrogen) atoms. The summed E-state index contributed by atoms with van der Waals surface area (Å²) in [6, 6.07) is 23.5. The van der Waals surface area contributed by atoms with Crippen LogP contribution in [-0.4, -0.2) is 57.9 Å². The average Bonchev–Trinajstić information content (AvgIpc) is 2.97. The molecule has 3 rings (SSSR count). The third-order valence-electron chi connectivity index (χ3n) is 6.51. The molecule has 3 aromatic carbocycles. The normalized spacial score (nSPS) is 12.0. The number of ether oxygens (including phenoxy) is 1. The molecule has 0 bridgehead atoms. The van der Waals surface area contributed by atoms with E-state index in [9.17, 15) is 18.0 Å². The van der Waals surface area contributed by atoms with Crippen LogP contribution in [0.4, 0.5) is 5.69 Å². The molecule has 9 heteroatoms. The van der Waals surface area contributed by atoms with Crippen molar-refractivity contribution in [1.29, 1.82) is 0 Å². The molecule has 0 saturated heterocycles. The van der Waals surface area contributed by atoms with Gasteiger partial charge in [-0.05, 0) is 48.6 Å². The maximum absolute atomic E-state index is 14.0. The van der Waals surface area contributed by atoms with Gasteiger partial charge in [0, 0.05) is 19.2 Å². The Bertz CT molecular complexity index is 1350. The summed E-state index contributed by atoms with van der Waals surface area (Å²) in [6.07, 6.45) is 0.903. The fourth-order valence-corrected chi connectivity index (χ4v) is 5.76. The van der Waals surface area contributed by atoms with Gasteiger partial charge in [-0.3, -0.25) is 13.9 Å². The second-order valence-corrected chi connectivity index (χ2v) is 11.8. The number of hydrogen-bond donors (Lipinski definition) is 1. The van der Waals surface area contributed by atoms with Crippen molar-refractivity contribution >= 4 is 27.5 Å². The van der Waals surface area contributed by atoms with Gasteiger partial charge in [-0.15, -0.1) is 0 Å². The van der Waals surface area contributed by atoms with Crippen molar-refractivity contribution in [2.75, 3.05) is 31.0 Å². The second kappa shape index (κ2) is 14.5. The summed E-state index contributed by atoms with van der Waals surface area (Å²) in [7, 11) is -2.63. The van der Waals surface area contributed by atoms with Crippen LogP contribution >= 0.6 is 0 Å². The fourth-order valence-electron chi connectivity index (χ4n) is 4.33. The lowest BCUT2D eigenvalue weighted by Gasteiger charge is -2.33. The van der Waals surface area contributed by atoms with Crippen molar-refractivity contribution < 1.29 is 22.7 Å². The van der Waals surface area contributed by atoms with Crippen molar-refractivity contribution in [3.8, 4) is 5.75 Å². The zero-order valence-corrected chi connectivity index (χ0v) is 24.4. The lowest BCUT2D eigenvalue weighted by Crippen LogP contribution is -2.53. The van der Waals surface area contributed by atoms with Crippen LogP contribution in [-0.2, 0) is 26.0 Å². The maximum atomic E-state index is 14.0. The van der Waals surface area contributed by atoms with Crippen LogP contribution in [0.25, 0.3) is 0 Å². The number of carbonyl (C=O) groups is 2. The van der Waals surface area contributed by atoms with Crippen LogP contribution in [0.15, 0.2) is 89.8 Å². The summed E-state index contributed by atoms with van der Waals surface area (Å²) in [4.78, 5) is 28.8. The second-order valence-electron chi connectivity index (χ2n) is 9.91. The topological polar surface area (TPSA) is 96.0 Å². The Hall–Kier alpha value is -3.85. The lowest BCUT2D eigenvalue weighted by molar-refractivity contribution is -0.139. The molecule has 1 unspecified atom stereocenters. The van der Waals surface area contributed by atoms with Gasteiger partial charge in [-0.1, -0.05) is 75.4 Å². The largest absolute Gasteiger partial charge is 0.497 e. The molecule has 0 heterocycles. The lowest BCUT2D eigenvalue weighted by atomic mass is 10.1. The Balaban J connectivity index is 2.00. The van der Waals surface area contributed by atoms with E-state index in [1.54, 1.807) is 42.5 Å². The smallest absolute Gasteiger partial charge is 0.264 e. The van der Waals surface area contributed by atoms with Gasteiger partial charge >= 0.3 is 0 Å². The van der Waals surface area contributed by atoms with E-state index in [0.717, 1.165) is 9.87 Å². The molecule has 0 saturated carbocycles. The number of nitrogens with zero attached hydrogens (tertiary/aromatic N) is 2. The van der Waals surface area contributed by atoms with E-state index in [4.69, 9.17) is 4.74 Å². The third-order valence-corrected chi connectivity index (χ3v) is 8.29. The monoisotopic (exact) mass is 565 g/mol. The van der Waals surface area contributed by atoms with Crippen molar-refractivity contribution in [3.05, 3.63) is 90.5 Å². The van der Waals surface area contributed by atoms with Crippen LogP contribution in [0.5, 0.6) is 5.75 Å². The van der Waals surface area contributed by atoms with Gasteiger partial charge in [0.2, 0.25) is 11.8 Å². The third kappa shape index (κ3) is 8.08. The highest BCUT2D eigenvalue weighted by Crippen LogP contribution is 2.27. The Labute approximate surface area is 238 Å². The highest BCUT2D eigenvalue weighted by Gasteiger charge is 2.33. The Morgan fingerprint density at radius 2 is 1.57 bits per heavy atom. The first-order chi connectivity index (χ1) is 19.2. The van der Waals surface area contributed by atoms with Crippen molar-refractivity contribution in [1.82, 2.24) is 10.2 Å². The predicted molar refractivity (Wildman–Crippen MR) is 158 cm³/mol. The van der Waals surface area contributed by atoms with E-state index in [-0.39, 0.29) is 29.0 Å². The van der Waals surface area contributed by atoms with E-state index in [0.29, 0.717) is 25.1 Å². The van der Waals surface area contributed by atoms with E-state index in [2.05, 4.69) is 5.32 Å². The molecule has 0 radical (unpaired) electrons. The first-order valence-corrected chi connectivity index (χ1v) is 14.9. The number of nitrogens with one attached hydrogen (secondary N) is 1. The summed E-state index contributed by atoms with van der Waals surface area (Å²) >= 11 is 0. The summed E-state index contributed by atoms with van der Waals surface area (Å²) < 4.78 is 34.1. The molecule has 0 aliphatic heterocycles.